The second-order valence-corrected chi connectivity index (χ2v) is 9.34. The molecule has 0 N–H and O–H groups in total. The van der Waals surface area contributed by atoms with Crippen molar-refractivity contribution >= 4 is 60.5 Å². The van der Waals surface area contributed by atoms with Gasteiger partial charge in [0.05, 0.1) is 17.0 Å². The molecule has 0 spiro atoms. The van der Waals surface area contributed by atoms with E-state index in [1.54, 1.807) is 0 Å². The van der Waals surface area contributed by atoms with Crippen LogP contribution in [0.5, 0.6) is 0 Å². The Hall–Kier alpha value is 0.630. The van der Waals surface area contributed by atoms with Gasteiger partial charge in [-0.25, -0.2) is 8.42 Å². The standard InChI is InChI=1S/C11H14BrCl2NO3S2/c12-3-6-18-8-1-4-15(5-2-8)20(16,17)9-7-10(13)19-11(9)14/h7-8H,1-6H2. The molecule has 0 amide bonds. The molecule has 2 rings (SSSR count). The third-order valence-corrected chi connectivity index (χ3v) is 7.05. The molecule has 0 saturated carbocycles. The lowest BCUT2D eigenvalue weighted by molar-refractivity contribution is 0.0309. The second kappa shape index (κ2) is 7.26. The minimum absolute atomic E-state index is 0.106. The van der Waals surface area contributed by atoms with E-state index in [1.165, 1.54) is 10.4 Å². The van der Waals surface area contributed by atoms with Crippen LogP contribution in [0.1, 0.15) is 12.8 Å². The van der Waals surface area contributed by atoms with E-state index >= 15 is 0 Å². The molecule has 114 valence electrons. The average Bonchev–Trinajstić information content (AvgIpc) is 2.76. The zero-order chi connectivity index (χ0) is 14.8. The molecule has 4 nitrogen and oxygen atoms in total. The van der Waals surface area contributed by atoms with Gasteiger partial charge in [0, 0.05) is 18.4 Å². The SMILES string of the molecule is O=S(=O)(c1cc(Cl)sc1Cl)N1CCC(OCCBr)CC1. The summed E-state index contributed by atoms with van der Waals surface area (Å²) in [7, 11) is -3.55. The second-order valence-electron chi connectivity index (χ2n) is 4.35. The lowest BCUT2D eigenvalue weighted by Gasteiger charge is -2.30. The van der Waals surface area contributed by atoms with E-state index in [9.17, 15) is 8.42 Å². The first-order chi connectivity index (χ1) is 9.45. The zero-order valence-electron chi connectivity index (χ0n) is 10.5. The lowest BCUT2D eigenvalue weighted by atomic mass is 10.1. The fourth-order valence-corrected chi connectivity index (χ4v) is 5.86. The van der Waals surface area contributed by atoms with E-state index in [0.717, 1.165) is 16.7 Å². The normalized spacial score (nSPS) is 18.6. The van der Waals surface area contributed by atoms with Crippen LogP contribution in [0.25, 0.3) is 0 Å². The molecule has 9 heteroatoms. The summed E-state index contributed by atoms with van der Waals surface area (Å²) in [5.74, 6) is 0. The molecule has 1 aromatic heterocycles. The Balaban J connectivity index is 2.04. The quantitative estimate of drug-likeness (QED) is 0.680. The van der Waals surface area contributed by atoms with Crippen molar-refractivity contribution in [2.24, 2.45) is 0 Å². The van der Waals surface area contributed by atoms with Gasteiger partial charge in [-0.15, -0.1) is 11.3 Å². The average molecular weight is 423 g/mol. The van der Waals surface area contributed by atoms with Gasteiger partial charge in [0.1, 0.15) is 9.23 Å². The van der Waals surface area contributed by atoms with Crippen LogP contribution in [0.3, 0.4) is 0 Å². The molecule has 1 aliphatic rings. The Morgan fingerprint density at radius 3 is 2.55 bits per heavy atom. The van der Waals surface area contributed by atoms with Crippen LogP contribution in [0.2, 0.25) is 8.67 Å². The largest absolute Gasteiger partial charge is 0.377 e. The minimum Gasteiger partial charge on any atom is -0.377 e. The molecule has 1 aromatic rings. The molecule has 0 radical (unpaired) electrons. The molecular formula is C11H14BrCl2NO3S2. The van der Waals surface area contributed by atoms with Crippen molar-refractivity contribution in [3.63, 3.8) is 0 Å². The monoisotopic (exact) mass is 421 g/mol. The Morgan fingerprint density at radius 1 is 1.40 bits per heavy atom. The summed E-state index contributed by atoms with van der Waals surface area (Å²) in [4.78, 5) is 0.106. The molecule has 2 heterocycles. The molecule has 1 fully saturated rings. The highest BCUT2D eigenvalue weighted by molar-refractivity contribution is 9.09. The summed E-state index contributed by atoms with van der Waals surface area (Å²) in [6, 6.07) is 1.41. The highest BCUT2D eigenvalue weighted by Gasteiger charge is 2.32. The van der Waals surface area contributed by atoms with Crippen molar-refractivity contribution in [1.82, 2.24) is 4.31 Å². The minimum atomic E-state index is -3.55. The summed E-state index contributed by atoms with van der Waals surface area (Å²) < 4.78 is 32.6. The number of sulfonamides is 1. The number of rotatable bonds is 5. The first-order valence-electron chi connectivity index (χ1n) is 6.07. The highest BCUT2D eigenvalue weighted by Crippen LogP contribution is 2.36. The molecule has 0 aromatic carbocycles. The van der Waals surface area contributed by atoms with Gasteiger partial charge in [0.2, 0.25) is 10.0 Å². The summed E-state index contributed by atoms with van der Waals surface area (Å²) in [5, 5.41) is 0.786. The van der Waals surface area contributed by atoms with E-state index in [-0.39, 0.29) is 15.3 Å². The fourth-order valence-electron chi connectivity index (χ4n) is 2.09. The number of thiophene rings is 1. The molecule has 1 aliphatic heterocycles. The Bertz CT molecular complexity index is 556. The van der Waals surface area contributed by atoms with E-state index in [1.807, 2.05) is 0 Å². The third kappa shape index (κ3) is 3.88. The zero-order valence-corrected chi connectivity index (χ0v) is 15.3. The van der Waals surface area contributed by atoms with Crippen molar-refractivity contribution in [1.29, 1.82) is 0 Å². The predicted octanol–water partition coefficient (Wildman–Crippen LogP) is 3.62. The van der Waals surface area contributed by atoms with Crippen molar-refractivity contribution in [2.45, 2.75) is 23.8 Å². The molecular weight excluding hydrogens is 409 g/mol. The van der Waals surface area contributed by atoms with Gasteiger partial charge >= 0.3 is 0 Å². The maximum Gasteiger partial charge on any atom is 0.245 e. The van der Waals surface area contributed by atoms with Gasteiger partial charge in [-0.3, -0.25) is 0 Å². The number of nitrogens with zero attached hydrogens (tertiary/aromatic N) is 1. The van der Waals surface area contributed by atoms with Gasteiger partial charge in [-0.2, -0.15) is 4.31 Å². The first kappa shape index (κ1) is 17.0. The topological polar surface area (TPSA) is 46.6 Å². The van der Waals surface area contributed by atoms with Crippen molar-refractivity contribution in [3.05, 3.63) is 14.7 Å². The smallest absolute Gasteiger partial charge is 0.245 e. The summed E-state index contributed by atoms with van der Waals surface area (Å²) in [6.07, 6.45) is 1.52. The van der Waals surface area contributed by atoms with E-state index in [0.29, 0.717) is 36.9 Å². The Labute approximate surface area is 141 Å². The Kier molecular flexibility index (Phi) is 6.17. The van der Waals surface area contributed by atoms with Crippen LogP contribution in [0, 0.1) is 0 Å². The van der Waals surface area contributed by atoms with Crippen LogP contribution in [0.15, 0.2) is 11.0 Å². The first-order valence-corrected chi connectivity index (χ1v) is 10.2. The van der Waals surface area contributed by atoms with Crippen molar-refractivity contribution in [3.8, 4) is 0 Å². The molecule has 0 unspecified atom stereocenters. The predicted molar refractivity (Wildman–Crippen MR) is 85.9 cm³/mol. The maximum absolute atomic E-state index is 12.5. The molecule has 0 aliphatic carbocycles. The molecule has 1 saturated heterocycles. The molecule has 0 atom stereocenters. The number of alkyl halides is 1. The van der Waals surface area contributed by atoms with Crippen LogP contribution < -0.4 is 0 Å². The lowest BCUT2D eigenvalue weighted by Crippen LogP contribution is -2.40. The van der Waals surface area contributed by atoms with Crippen molar-refractivity contribution in [2.75, 3.05) is 25.0 Å². The highest BCUT2D eigenvalue weighted by atomic mass is 79.9. The number of ether oxygens (including phenoxy) is 1. The van der Waals surface area contributed by atoms with Crippen molar-refractivity contribution < 1.29 is 13.2 Å². The van der Waals surface area contributed by atoms with E-state index in [2.05, 4.69) is 15.9 Å². The van der Waals surface area contributed by atoms with Crippen LogP contribution in [0.4, 0.5) is 0 Å². The van der Waals surface area contributed by atoms with Gasteiger partial charge in [0.15, 0.2) is 0 Å². The van der Waals surface area contributed by atoms with Crippen LogP contribution in [-0.2, 0) is 14.8 Å². The van der Waals surface area contributed by atoms with Gasteiger partial charge < -0.3 is 4.74 Å². The third-order valence-electron chi connectivity index (χ3n) is 3.07. The van der Waals surface area contributed by atoms with Crippen LogP contribution in [-0.4, -0.2) is 43.9 Å². The summed E-state index contributed by atoms with van der Waals surface area (Å²) >= 11 is 16.1. The summed E-state index contributed by atoms with van der Waals surface area (Å²) in [6.45, 7) is 1.53. The van der Waals surface area contributed by atoms with Gasteiger partial charge in [-0.1, -0.05) is 39.1 Å². The number of halogens is 3. The number of hydrogen-bond donors (Lipinski definition) is 0. The van der Waals surface area contributed by atoms with Gasteiger partial charge in [-0.05, 0) is 18.9 Å². The van der Waals surface area contributed by atoms with E-state index < -0.39 is 10.0 Å². The molecule has 0 bridgehead atoms. The Morgan fingerprint density at radius 2 is 2.05 bits per heavy atom. The van der Waals surface area contributed by atoms with E-state index in [4.69, 9.17) is 27.9 Å². The van der Waals surface area contributed by atoms with Crippen LogP contribution >= 0.6 is 50.5 Å². The summed E-state index contributed by atoms with van der Waals surface area (Å²) in [5.41, 5.74) is 0. The molecule has 20 heavy (non-hydrogen) atoms. The number of piperidine rings is 1. The maximum atomic E-state index is 12.5. The fraction of sp³-hybridized carbons (Fsp3) is 0.636. The number of hydrogen-bond acceptors (Lipinski definition) is 4. The van der Waals surface area contributed by atoms with Gasteiger partial charge in [0.25, 0.3) is 0 Å².